The van der Waals surface area contributed by atoms with Crippen molar-refractivity contribution in [3.8, 4) is 0 Å². The fourth-order valence-corrected chi connectivity index (χ4v) is 3.18. The minimum absolute atomic E-state index is 0.329. The van der Waals surface area contributed by atoms with E-state index < -0.39 is 11.6 Å². The lowest BCUT2D eigenvalue weighted by atomic mass is 9.89. The molecule has 4 nitrogen and oxygen atoms in total. The number of carbonyl (C=O) groups is 2. The molecule has 1 aliphatic heterocycles. The van der Waals surface area contributed by atoms with E-state index in [0.29, 0.717) is 17.7 Å². The van der Waals surface area contributed by atoms with Crippen molar-refractivity contribution in [2.75, 3.05) is 5.32 Å². The highest BCUT2D eigenvalue weighted by Crippen LogP contribution is 2.31. The number of aryl methyl sites for hydroxylation is 2. The molecule has 3 rings (SSSR count). The summed E-state index contributed by atoms with van der Waals surface area (Å²) in [7, 11) is 0. The molecule has 0 fully saturated rings. The maximum atomic E-state index is 12.7. The number of hydrogen-bond acceptors (Lipinski definition) is 3. The van der Waals surface area contributed by atoms with Crippen LogP contribution in [0.25, 0.3) is 0 Å². The van der Waals surface area contributed by atoms with Crippen LogP contribution in [0.1, 0.15) is 34.0 Å². The first-order valence-electron chi connectivity index (χ1n) is 7.69. The predicted octanol–water partition coefficient (Wildman–Crippen LogP) is 4.18. The van der Waals surface area contributed by atoms with Gasteiger partial charge >= 0.3 is 5.97 Å². The number of rotatable bonds is 2. The molecule has 1 N–H and O–H groups in total. The molecule has 124 valence electrons. The zero-order chi connectivity index (χ0) is 17.5. The largest absolute Gasteiger partial charge is 0.445 e. The molecule has 1 amide bonds. The van der Waals surface area contributed by atoms with Gasteiger partial charge in [-0.05, 0) is 67.8 Å². The number of amides is 1. The molecular weight excluding hydrogens is 370 g/mol. The Morgan fingerprint density at radius 3 is 2.62 bits per heavy atom. The second-order valence-electron chi connectivity index (χ2n) is 6.35. The van der Waals surface area contributed by atoms with Crippen LogP contribution in [0.4, 0.5) is 5.69 Å². The van der Waals surface area contributed by atoms with Crippen LogP contribution in [-0.4, -0.2) is 17.5 Å². The minimum Gasteiger partial charge on any atom is -0.445 e. The lowest BCUT2D eigenvalue weighted by Crippen LogP contribution is -2.48. The smallest absolute Gasteiger partial charge is 0.339 e. The number of esters is 1. The Labute approximate surface area is 149 Å². The van der Waals surface area contributed by atoms with Crippen LogP contribution in [0, 0.1) is 13.8 Å². The van der Waals surface area contributed by atoms with Gasteiger partial charge in [0, 0.05) is 16.6 Å². The van der Waals surface area contributed by atoms with Crippen LogP contribution in [0.5, 0.6) is 0 Å². The van der Waals surface area contributed by atoms with Crippen molar-refractivity contribution in [2.24, 2.45) is 0 Å². The fraction of sp³-hybridized carbons (Fsp3) is 0.263. The molecule has 0 saturated carbocycles. The van der Waals surface area contributed by atoms with Crippen molar-refractivity contribution in [1.82, 2.24) is 0 Å². The summed E-state index contributed by atoms with van der Waals surface area (Å²) in [5.74, 6) is -0.800. The maximum Gasteiger partial charge on any atom is 0.339 e. The fourth-order valence-electron chi connectivity index (χ4n) is 2.78. The quantitative estimate of drug-likeness (QED) is 0.786. The molecule has 0 saturated heterocycles. The predicted molar refractivity (Wildman–Crippen MR) is 96.2 cm³/mol. The van der Waals surface area contributed by atoms with Crippen LogP contribution < -0.4 is 5.32 Å². The van der Waals surface area contributed by atoms with Crippen LogP contribution in [-0.2, 0) is 16.0 Å². The number of hydrogen-bond donors (Lipinski definition) is 1. The van der Waals surface area contributed by atoms with Crippen molar-refractivity contribution in [1.29, 1.82) is 0 Å². The van der Waals surface area contributed by atoms with Gasteiger partial charge in [0.1, 0.15) is 0 Å². The lowest BCUT2D eigenvalue weighted by molar-refractivity contribution is -0.134. The Morgan fingerprint density at radius 1 is 1.17 bits per heavy atom. The van der Waals surface area contributed by atoms with E-state index >= 15 is 0 Å². The van der Waals surface area contributed by atoms with Gasteiger partial charge in [-0.25, -0.2) is 4.79 Å². The minimum atomic E-state index is -1.23. The van der Waals surface area contributed by atoms with Gasteiger partial charge in [0.15, 0.2) is 5.60 Å². The standard InChI is InChI=1S/C19H18BrNO3/c1-11-4-6-15(8-12(11)2)21-18(23)19(3)10-13-9-14(20)5-7-16(13)17(22)24-19/h4-9H,10H2,1-3H3,(H,21,23). The molecule has 0 aliphatic carbocycles. The molecule has 1 heterocycles. The zero-order valence-electron chi connectivity index (χ0n) is 13.8. The van der Waals surface area contributed by atoms with Gasteiger partial charge in [0.2, 0.25) is 0 Å². The van der Waals surface area contributed by atoms with Crippen LogP contribution >= 0.6 is 15.9 Å². The Morgan fingerprint density at radius 2 is 1.92 bits per heavy atom. The van der Waals surface area contributed by atoms with E-state index in [0.717, 1.165) is 21.2 Å². The van der Waals surface area contributed by atoms with Gasteiger partial charge in [-0.2, -0.15) is 0 Å². The number of halogens is 1. The van der Waals surface area contributed by atoms with Gasteiger partial charge in [-0.1, -0.05) is 22.0 Å². The number of nitrogens with one attached hydrogen (secondary N) is 1. The summed E-state index contributed by atoms with van der Waals surface area (Å²) in [5.41, 5.74) is 3.02. The first kappa shape index (κ1) is 16.7. The van der Waals surface area contributed by atoms with Gasteiger partial charge in [-0.3, -0.25) is 4.79 Å². The van der Waals surface area contributed by atoms with E-state index in [4.69, 9.17) is 4.74 Å². The Kier molecular flexibility index (Phi) is 4.22. The van der Waals surface area contributed by atoms with E-state index in [1.807, 2.05) is 38.1 Å². The Balaban J connectivity index is 1.86. The van der Waals surface area contributed by atoms with Crippen molar-refractivity contribution < 1.29 is 14.3 Å². The van der Waals surface area contributed by atoms with Gasteiger partial charge in [-0.15, -0.1) is 0 Å². The van der Waals surface area contributed by atoms with Crippen molar-refractivity contribution in [3.63, 3.8) is 0 Å². The van der Waals surface area contributed by atoms with Crippen LogP contribution in [0.15, 0.2) is 40.9 Å². The highest BCUT2D eigenvalue weighted by molar-refractivity contribution is 9.10. The molecule has 2 aromatic rings. The summed E-state index contributed by atoms with van der Waals surface area (Å²) in [6.45, 7) is 5.65. The second-order valence-corrected chi connectivity index (χ2v) is 7.27. The number of cyclic esters (lactones) is 1. The van der Waals surface area contributed by atoms with Crippen LogP contribution in [0.2, 0.25) is 0 Å². The first-order valence-corrected chi connectivity index (χ1v) is 8.48. The molecule has 5 heteroatoms. The Bertz CT molecular complexity index is 847. The van der Waals surface area contributed by atoms with Gasteiger partial charge in [0.25, 0.3) is 5.91 Å². The summed E-state index contributed by atoms with van der Waals surface area (Å²) in [6, 6.07) is 11.1. The summed E-state index contributed by atoms with van der Waals surface area (Å²) in [4.78, 5) is 25.0. The molecule has 2 aromatic carbocycles. The van der Waals surface area contributed by atoms with E-state index in [2.05, 4.69) is 21.2 Å². The SMILES string of the molecule is Cc1ccc(NC(=O)C2(C)Cc3cc(Br)ccc3C(=O)O2)cc1C. The van der Waals surface area contributed by atoms with Crippen molar-refractivity contribution in [2.45, 2.75) is 32.8 Å². The maximum absolute atomic E-state index is 12.7. The molecule has 1 unspecified atom stereocenters. The first-order chi connectivity index (χ1) is 11.3. The number of carbonyl (C=O) groups excluding carboxylic acids is 2. The molecule has 0 bridgehead atoms. The summed E-state index contributed by atoms with van der Waals surface area (Å²) >= 11 is 3.40. The highest BCUT2D eigenvalue weighted by atomic mass is 79.9. The van der Waals surface area contributed by atoms with E-state index in [9.17, 15) is 9.59 Å². The van der Waals surface area contributed by atoms with E-state index in [-0.39, 0.29) is 5.91 Å². The third kappa shape index (κ3) is 3.08. The van der Waals surface area contributed by atoms with Crippen molar-refractivity contribution in [3.05, 3.63) is 63.1 Å². The van der Waals surface area contributed by atoms with E-state index in [1.165, 1.54) is 0 Å². The molecule has 24 heavy (non-hydrogen) atoms. The zero-order valence-corrected chi connectivity index (χ0v) is 15.4. The number of anilines is 1. The summed E-state index contributed by atoms with van der Waals surface area (Å²) in [6.07, 6.45) is 0.337. The van der Waals surface area contributed by atoms with Gasteiger partial charge in [0.05, 0.1) is 5.56 Å². The number of fused-ring (bicyclic) bond motifs is 1. The normalized spacial score (nSPS) is 19.4. The Hall–Kier alpha value is -2.14. The monoisotopic (exact) mass is 387 g/mol. The molecule has 0 aromatic heterocycles. The molecule has 1 atom stereocenters. The average molecular weight is 388 g/mol. The lowest BCUT2D eigenvalue weighted by Gasteiger charge is -2.33. The van der Waals surface area contributed by atoms with Crippen LogP contribution in [0.3, 0.4) is 0 Å². The third-order valence-electron chi connectivity index (χ3n) is 4.38. The van der Waals surface area contributed by atoms with E-state index in [1.54, 1.807) is 19.1 Å². The number of ether oxygens (including phenoxy) is 1. The van der Waals surface area contributed by atoms with Gasteiger partial charge < -0.3 is 10.1 Å². The average Bonchev–Trinajstić information content (AvgIpc) is 2.50. The molecule has 0 spiro atoms. The van der Waals surface area contributed by atoms with Crippen molar-refractivity contribution >= 4 is 33.5 Å². The second kappa shape index (κ2) is 6.06. The molecule has 1 aliphatic rings. The molecule has 0 radical (unpaired) electrons. The molecular formula is C19H18BrNO3. The topological polar surface area (TPSA) is 55.4 Å². The summed E-state index contributed by atoms with van der Waals surface area (Å²) < 4.78 is 6.33. The number of benzene rings is 2. The summed E-state index contributed by atoms with van der Waals surface area (Å²) in [5, 5.41) is 2.86. The highest BCUT2D eigenvalue weighted by Gasteiger charge is 2.42. The third-order valence-corrected chi connectivity index (χ3v) is 4.87.